The quantitative estimate of drug-likeness (QED) is 0.412. The van der Waals surface area contributed by atoms with Gasteiger partial charge >= 0.3 is 6.36 Å². The fourth-order valence-electron chi connectivity index (χ4n) is 5.85. The molecule has 2 nitrogen and oxygen atoms in total. The fraction of sp³-hybridized carbons (Fsp3) is 0.571. The molecule has 0 saturated heterocycles. The molecule has 0 aromatic heterocycles. The smallest absolute Gasteiger partial charge is 0.489 e. The second-order valence-corrected chi connectivity index (χ2v) is 9.86. The van der Waals surface area contributed by atoms with Gasteiger partial charge in [0, 0.05) is 0 Å². The van der Waals surface area contributed by atoms with Crippen molar-refractivity contribution < 1.29 is 22.6 Å². The highest BCUT2D eigenvalue weighted by molar-refractivity contribution is 5.32. The van der Waals surface area contributed by atoms with E-state index in [9.17, 15) is 13.2 Å². The third-order valence-electron chi connectivity index (χ3n) is 7.77. The zero-order valence-electron chi connectivity index (χ0n) is 19.4. The molecular weight excluding hydrogens is 425 g/mol. The van der Waals surface area contributed by atoms with Crippen molar-refractivity contribution in [3.63, 3.8) is 0 Å². The Morgan fingerprint density at radius 1 is 0.788 bits per heavy atom. The third-order valence-corrected chi connectivity index (χ3v) is 7.77. The van der Waals surface area contributed by atoms with Gasteiger partial charge in [-0.1, -0.05) is 50.5 Å². The normalized spacial score (nSPS) is 26.1. The highest BCUT2D eigenvalue weighted by Gasteiger charge is 2.32. The molecule has 0 radical (unpaired) electrons. The summed E-state index contributed by atoms with van der Waals surface area (Å²) in [5.41, 5.74) is 1.95. The molecule has 0 heterocycles. The molecule has 2 aliphatic rings. The first-order valence-corrected chi connectivity index (χ1v) is 12.5. The maximum Gasteiger partial charge on any atom is 0.573 e. The number of hydrogen-bond donors (Lipinski definition) is 0. The van der Waals surface area contributed by atoms with Crippen molar-refractivity contribution in [2.24, 2.45) is 17.8 Å². The van der Waals surface area contributed by atoms with Gasteiger partial charge in [-0.15, -0.1) is 13.2 Å². The topological polar surface area (TPSA) is 18.5 Å². The second-order valence-electron chi connectivity index (χ2n) is 9.86. The number of halogens is 3. The van der Waals surface area contributed by atoms with Crippen molar-refractivity contribution in [1.82, 2.24) is 0 Å². The van der Waals surface area contributed by atoms with Crippen LogP contribution in [0.15, 0.2) is 48.5 Å². The van der Waals surface area contributed by atoms with Crippen molar-refractivity contribution >= 4 is 0 Å². The molecule has 0 N–H and O–H groups in total. The Labute approximate surface area is 195 Å². The van der Waals surface area contributed by atoms with Crippen LogP contribution >= 0.6 is 0 Å². The molecule has 0 bridgehead atoms. The van der Waals surface area contributed by atoms with Crippen LogP contribution in [-0.4, -0.2) is 6.36 Å². The van der Waals surface area contributed by atoms with Crippen LogP contribution in [0, 0.1) is 17.8 Å². The molecule has 2 saturated carbocycles. The minimum absolute atomic E-state index is 0.200. The Bertz CT molecular complexity index is 879. The van der Waals surface area contributed by atoms with Crippen LogP contribution in [0.3, 0.4) is 0 Å². The van der Waals surface area contributed by atoms with Gasteiger partial charge in [-0.05, 0) is 97.6 Å². The van der Waals surface area contributed by atoms with Gasteiger partial charge in [-0.2, -0.15) is 0 Å². The lowest BCUT2D eigenvalue weighted by Crippen LogP contribution is -2.25. The molecule has 0 amide bonds. The SMILES string of the molecule is CCC1CCC(C2CCC(c3cccc(OCc4cccc(OC(F)(F)F)c4)c3)CC2)CC1. The van der Waals surface area contributed by atoms with Gasteiger partial charge in [0.05, 0.1) is 0 Å². The Balaban J connectivity index is 1.29. The molecule has 4 rings (SSSR count). The van der Waals surface area contributed by atoms with Gasteiger partial charge in [-0.25, -0.2) is 0 Å². The highest BCUT2D eigenvalue weighted by atomic mass is 19.4. The van der Waals surface area contributed by atoms with Crippen LogP contribution in [0.1, 0.15) is 81.8 Å². The van der Waals surface area contributed by atoms with E-state index in [0.29, 0.717) is 11.5 Å². The summed E-state index contributed by atoms with van der Waals surface area (Å²) in [6, 6.07) is 14.2. The maximum absolute atomic E-state index is 12.5. The van der Waals surface area contributed by atoms with Crippen LogP contribution in [0.25, 0.3) is 0 Å². The average Bonchev–Trinajstić information content (AvgIpc) is 2.82. The van der Waals surface area contributed by atoms with Crippen LogP contribution in [0.5, 0.6) is 11.5 Å². The molecule has 0 unspecified atom stereocenters. The van der Waals surface area contributed by atoms with Crippen molar-refractivity contribution in [3.8, 4) is 11.5 Å². The van der Waals surface area contributed by atoms with Crippen LogP contribution in [0.2, 0.25) is 0 Å². The molecule has 0 atom stereocenters. The van der Waals surface area contributed by atoms with E-state index in [2.05, 4.69) is 23.8 Å². The van der Waals surface area contributed by atoms with Crippen molar-refractivity contribution in [2.75, 3.05) is 0 Å². The zero-order chi connectivity index (χ0) is 23.3. The summed E-state index contributed by atoms with van der Waals surface area (Å²) in [5.74, 6) is 3.89. The molecule has 0 aliphatic heterocycles. The predicted octanol–water partition coefficient (Wildman–Crippen LogP) is 8.65. The summed E-state index contributed by atoms with van der Waals surface area (Å²) < 4.78 is 47.3. The summed E-state index contributed by atoms with van der Waals surface area (Å²) >= 11 is 0. The molecule has 33 heavy (non-hydrogen) atoms. The highest BCUT2D eigenvalue weighted by Crippen LogP contribution is 2.44. The summed E-state index contributed by atoms with van der Waals surface area (Å²) in [6.07, 6.45) is 7.45. The number of alkyl halides is 3. The molecule has 5 heteroatoms. The Kier molecular flexibility index (Phi) is 7.87. The van der Waals surface area contributed by atoms with E-state index in [1.54, 1.807) is 12.1 Å². The van der Waals surface area contributed by atoms with Gasteiger partial charge in [0.2, 0.25) is 0 Å². The van der Waals surface area contributed by atoms with Crippen molar-refractivity contribution in [3.05, 3.63) is 59.7 Å². The lowest BCUT2D eigenvalue weighted by Gasteiger charge is -2.38. The van der Waals surface area contributed by atoms with Gasteiger partial charge in [0.1, 0.15) is 18.1 Å². The predicted molar refractivity (Wildman–Crippen MR) is 124 cm³/mol. The van der Waals surface area contributed by atoms with Crippen molar-refractivity contribution in [2.45, 2.75) is 83.6 Å². The van der Waals surface area contributed by atoms with Gasteiger partial charge < -0.3 is 9.47 Å². The maximum atomic E-state index is 12.5. The molecular formula is C28H35F3O2. The first kappa shape index (κ1) is 24.0. The molecule has 2 aliphatic carbocycles. The fourth-order valence-corrected chi connectivity index (χ4v) is 5.85. The van der Waals surface area contributed by atoms with E-state index in [1.807, 2.05) is 12.1 Å². The molecule has 180 valence electrons. The Morgan fingerprint density at radius 2 is 1.42 bits per heavy atom. The lowest BCUT2D eigenvalue weighted by atomic mass is 9.68. The third kappa shape index (κ3) is 6.91. The number of benzene rings is 2. The van der Waals surface area contributed by atoms with Crippen LogP contribution < -0.4 is 9.47 Å². The molecule has 2 fully saturated rings. The first-order chi connectivity index (χ1) is 15.9. The van der Waals surface area contributed by atoms with E-state index < -0.39 is 6.36 Å². The second kappa shape index (κ2) is 10.8. The lowest BCUT2D eigenvalue weighted by molar-refractivity contribution is -0.274. The van der Waals surface area contributed by atoms with Crippen LogP contribution in [-0.2, 0) is 6.61 Å². The Hall–Kier alpha value is -2.17. The summed E-state index contributed by atoms with van der Waals surface area (Å²) in [6.45, 7) is 2.53. The summed E-state index contributed by atoms with van der Waals surface area (Å²) in [7, 11) is 0. The molecule has 2 aromatic rings. The van der Waals surface area contributed by atoms with Gasteiger partial charge in [-0.3, -0.25) is 0 Å². The van der Waals surface area contributed by atoms with Gasteiger partial charge in [0.25, 0.3) is 0 Å². The van der Waals surface area contributed by atoms with Crippen molar-refractivity contribution in [1.29, 1.82) is 0 Å². The van der Waals surface area contributed by atoms with Crippen LogP contribution in [0.4, 0.5) is 13.2 Å². The number of rotatable bonds is 7. The minimum atomic E-state index is -4.69. The summed E-state index contributed by atoms with van der Waals surface area (Å²) in [5, 5.41) is 0. The molecule has 0 spiro atoms. The van der Waals surface area contributed by atoms with E-state index in [0.717, 1.165) is 23.5 Å². The standard InChI is InChI=1S/C28H35F3O2/c1-2-20-9-11-22(12-10-20)23-13-15-24(16-14-23)25-6-4-7-26(18-25)32-19-21-5-3-8-27(17-21)33-28(29,30)31/h3-8,17-18,20,22-24H,2,9-16,19H2,1H3. The Morgan fingerprint density at radius 3 is 2.09 bits per heavy atom. The number of ether oxygens (including phenoxy) is 2. The van der Waals surface area contributed by atoms with E-state index in [1.165, 1.54) is 75.5 Å². The minimum Gasteiger partial charge on any atom is -0.489 e. The zero-order valence-corrected chi connectivity index (χ0v) is 19.4. The van der Waals surface area contributed by atoms with E-state index in [-0.39, 0.29) is 12.4 Å². The van der Waals surface area contributed by atoms with E-state index in [4.69, 9.17) is 4.74 Å². The summed E-state index contributed by atoms with van der Waals surface area (Å²) in [4.78, 5) is 0. The van der Waals surface area contributed by atoms with E-state index >= 15 is 0 Å². The largest absolute Gasteiger partial charge is 0.573 e. The number of hydrogen-bond acceptors (Lipinski definition) is 2. The monoisotopic (exact) mass is 460 g/mol. The molecule has 2 aromatic carbocycles. The first-order valence-electron chi connectivity index (χ1n) is 12.5. The average molecular weight is 461 g/mol. The van der Waals surface area contributed by atoms with Gasteiger partial charge in [0.15, 0.2) is 0 Å².